The van der Waals surface area contributed by atoms with Gasteiger partial charge in [0.2, 0.25) is 5.89 Å². The average Bonchev–Trinajstić information content (AvgIpc) is 3.23. The fraction of sp³-hybridized carbons (Fsp3) is 0.100. The van der Waals surface area contributed by atoms with Crippen molar-refractivity contribution >= 4 is 11.0 Å². The third-order valence-electron chi connectivity index (χ3n) is 4.12. The first-order valence-electron chi connectivity index (χ1n) is 7.84. The molecule has 0 radical (unpaired) electrons. The van der Waals surface area contributed by atoms with E-state index in [-0.39, 0.29) is 0 Å². The number of benzene rings is 2. The van der Waals surface area contributed by atoms with Crippen molar-refractivity contribution in [2.45, 2.75) is 13.5 Å². The van der Waals surface area contributed by atoms with Gasteiger partial charge in [0.15, 0.2) is 0 Å². The number of nitrogens with zero attached hydrogens (tertiary/aromatic N) is 3. The van der Waals surface area contributed by atoms with Gasteiger partial charge in [0.05, 0.1) is 17.4 Å². The number of hydrogen-bond acceptors (Lipinski definition) is 3. The van der Waals surface area contributed by atoms with Crippen LogP contribution in [-0.4, -0.2) is 14.5 Å². The lowest BCUT2D eigenvalue weighted by Gasteiger charge is -2.01. The zero-order valence-corrected chi connectivity index (χ0v) is 13.4. The summed E-state index contributed by atoms with van der Waals surface area (Å²) in [5.74, 6) is 0.639. The zero-order valence-electron chi connectivity index (χ0n) is 13.4. The Morgan fingerprint density at radius 3 is 2.92 bits per heavy atom. The first kappa shape index (κ1) is 14.5. The normalized spacial score (nSPS) is 11.0. The molecule has 0 N–H and O–H groups in total. The van der Waals surface area contributed by atoms with Gasteiger partial charge in [0.25, 0.3) is 0 Å². The monoisotopic (exact) mass is 315 g/mol. The average molecular weight is 315 g/mol. The standard InChI is InChI=1S/C20H17N3O/c1-3-10-23-13-21-17-11-15(8-9-19(17)23)18-12-24-20(22-18)16-7-5-4-6-14(16)2/h3-9,11-13H,1,10H2,2H3. The number of aromatic nitrogens is 3. The molecule has 0 bridgehead atoms. The Balaban J connectivity index is 1.73. The summed E-state index contributed by atoms with van der Waals surface area (Å²) in [6.07, 6.45) is 5.39. The lowest BCUT2D eigenvalue weighted by atomic mass is 10.1. The van der Waals surface area contributed by atoms with Crippen molar-refractivity contribution in [2.75, 3.05) is 0 Å². The molecule has 0 saturated carbocycles. The van der Waals surface area contributed by atoms with E-state index in [0.717, 1.165) is 40.0 Å². The Hall–Kier alpha value is -3.14. The summed E-state index contributed by atoms with van der Waals surface area (Å²) in [4.78, 5) is 9.10. The topological polar surface area (TPSA) is 43.9 Å². The highest BCUT2D eigenvalue weighted by Gasteiger charge is 2.11. The van der Waals surface area contributed by atoms with E-state index in [2.05, 4.69) is 40.2 Å². The molecule has 0 aliphatic rings. The van der Waals surface area contributed by atoms with Crippen molar-refractivity contribution in [3.63, 3.8) is 0 Å². The molecule has 0 amide bonds. The van der Waals surface area contributed by atoms with Gasteiger partial charge in [-0.05, 0) is 30.7 Å². The molecule has 0 unspecified atom stereocenters. The highest BCUT2D eigenvalue weighted by atomic mass is 16.3. The zero-order chi connectivity index (χ0) is 16.5. The van der Waals surface area contributed by atoms with E-state index >= 15 is 0 Å². The molecule has 4 nitrogen and oxygen atoms in total. The van der Waals surface area contributed by atoms with Gasteiger partial charge < -0.3 is 8.98 Å². The lowest BCUT2D eigenvalue weighted by Crippen LogP contribution is -1.91. The third-order valence-corrected chi connectivity index (χ3v) is 4.12. The van der Waals surface area contributed by atoms with Crippen LogP contribution < -0.4 is 0 Å². The summed E-state index contributed by atoms with van der Waals surface area (Å²) in [7, 11) is 0. The highest BCUT2D eigenvalue weighted by Crippen LogP contribution is 2.28. The number of hydrogen-bond donors (Lipinski definition) is 0. The predicted molar refractivity (Wildman–Crippen MR) is 95.6 cm³/mol. The van der Waals surface area contributed by atoms with Gasteiger partial charge in [-0.1, -0.05) is 30.3 Å². The quantitative estimate of drug-likeness (QED) is 0.505. The summed E-state index contributed by atoms with van der Waals surface area (Å²) < 4.78 is 7.75. The van der Waals surface area contributed by atoms with Crippen LogP contribution in [0.25, 0.3) is 33.7 Å². The molecule has 0 aliphatic heterocycles. The molecule has 4 aromatic rings. The van der Waals surface area contributed by atoms with Crippen LogP contribution in [0.1, 0.15) is 5.56 Å². The van der Waals surface area contributed by atoms with E-state index < -0.39 is 0 Å². The van der Waals surface area contributed by atoms with Gasteiger partial charge in [-0.2, -0.15) is 0 Å². The van der Waals surface area contributed by atoms with Crippen LogP contribution in [0.3, 0.4) is 0 Å². The van der Waals surface area contributed by atoms with Gasteiger partial charge in [0, 0.05) is 17.7 Å². The molecule has 4 heteroatoms. The number of rotatable bonds is 4. The molecule has 0 fully saturated rings. The van der Waals surface area contributed by atoms with Crippen molar-refractivity contribution in [3.05, 3.63) is 73.3 Å². The Morgan fingerprint density at radius 2 is 2.08 bits per heavy atom. The second-order valence-electron chi connectivity index (χ2n) is 5.74. The molecular formula is C20H17N3O. The van der Waals surface area contributed by atoms with Crippen molar-refractivity contribution in [3.8, 4) is 22.7 Å². The van der Waals surface area contributed by atoms with Crippen LogP contribution >= 0.6 is 0 Å². The number of fused-ring (bicyclic) bond motifs is 1. The fourth-order valence-electron chi connectivity index (χ4n) is 2.85. The van der Waals surface area contributed by atoms with E-state index in [4.69, 9.17) is 4.42 Å². The number of imidazole rings is 1. The molecule has 0 saturated heterocycles. The molecule has 2 aromatic carbocycles. The van der Waals surface area contributed by atoms with E-state index in [0.29, 0.717) is 5.89 Å². The van der Waals surface area contributed by atoms with Gasteiger partial charge >= 0.3 is 0 Å². The molecule has 24 heavy (non-hydrogen) atoms. The molecule has 0 atom stereocenters. The molecular weight excluding hydrogens is 298 g/mol. The van der Waals surface area contributed by atoms with Crippen molar-refractivity contribution in [1.29, 1.82) is 0 Å². The van der Waals surface area contributed by atoms with E-state index in [1.54, 1.807) is 6.26 Å². The van der Waals surface area contributed by atoms with E-state index in [9.17, 15) is 0 Å². The van der Waals surface area contributed by atoms with Crippen LogP contribution in [0, 0.1) is 6.92 Å². The second kappa shape index (κ2) is 5.81. The first-order chi connectivity index (χ1) is 11.8. The highest BCUT2D eigenvalue weighted by molar-refractivity contribution is 5.81. The lowest BCUT2D eigenvalue weighted by molar-refractivity contribution is 0.574. The van der Waals surface area contributed by atoms with Gasteiger partial charge in [-0.15, -0.1) is 6.58 Å². The largest absolute Gasteiger partial charge is 0.444 e. The maximum absolute atomic E-state index is 5.69. The maximum atomic E-state index is 5.69. The molecule has 2 heterocycles. The number of oxazole rings is 1. The van der Waals surface area contributed by atoms with Crippen molar-refractivity contribution < 1.29 is 4.42 Å². The van der Waals surface area contributed by atoms with Gasteiger partial charge in [-0.3, -0.25) is 0 Å². The van der Waals surface area contributed by atoms with Crippen LogP contribution in [-0.2, 0) is 6.54 Å². The Labute approximate surface area is 140 Å². The Kier molecular flexibility index (Phi) is 3.50. The van der Waals surface area contributed by atoms with E-state index in [1.165, 1.54) is 0 Å². The van der Waals surface area contributed by atoms with Gasteiger partial charge in [-0.25, -0.2) is 9.97 Å². The molecule has 4 rings (SSSR count). The summed E-state index contributed by atoms with van der Waals surface area (Å²) in [6, 6.07) is 14.2. The summed E-state index contributed by atoms with van der Waals surface area (Å²) >= 11 is 0. The minimum atomic E-state index is 0.639. The van der Waals surface area contributed by atoms with Crippen LogP contribution in [0.15, 0.2) is 72.1 Å². The van der Waals surface area contributed by atoms with Crippen LogP contribution in [0.4, 0.5) is 0 Å². The first-order valence-corrected chi connectivity index (χ1v) is 7.84. The third kappa shape index (κ3) is 2.42. The molecule has 2 aromatic heterocycles. The Morgan fingerprint density at radius 1 is 1.21 bits per heavy atom. The van der Waals surface area contributed by atoms with Crippen LogP contribution in [0.2, 0.25) is 0 Å². The Bertz CT molecular complexity index is 1030. The number of allylic oxidation sites excluding steroid dienone is 1. The smallest absolute Gasteiger partial charge is 0.226 e. The van der Waals surface area contributed by atoms with Gasteiger partial charge in [0.1, 0.15) is 12.0 Å². The minimum Gasteiger partial charge on any atom is -0.444 e. The van der Waals surface area contributed by atoms with Crippen molar-refractivity contribution in [1.82, 2.24) is 14.5 Å². The summed E-state index contributed by atoms with van der Waals surface area (Å²) in [6.45, 7) is 6.58. The molecule has 118 valence electrons. The fourth-order valence-corrected chi connectivity index (χ4v) is 2.85. The van der Waals surface area contributed by atoms with E-state index in [1.807, 2.05) is 42.7 Å². The summed E-state index contributed by atoms with van der Waals surface area (Å²) in [5.41, 5.74) is 5.99. The van der Waals surface area contributed by atoms with Crippen LogP contribution in [0.5, 0.6) is 0 Å². The number of aryl methyl sites for hydroxylation is 1. The molecule has 0 spiro atoms. The predicted octanol–water partition coefficient (Wildman–Crippen LogP) is 4.85. The van der Waals surface area contributed by atoms with Crippen molar-refractivity contribution in [2.24, 2.45) is 0 Å². The maximum Gasteiger partial charge on any atom is 0.226 e. The summed E-state index contributed by atoms with van der Waals surface area (Å²) in [5, 5.41) is 0. The minimum absolute atomic E-state index is 0.639. The second-order valence-corrected chi connectivity index (χ2v) is 5.74. The SMILES string of the molecule is C=CCn1cnc2cc(-c3coc(-c4ccccc4C)n3)ccc21. The molecule has 0 aliphatic carbocycles.